The molecule has 1 aromatic heterocycles. The highest BCUT2D eigenvalue weighted by atomic mass is 19.4. The summed E-state index contributed by atoms with van der Waals surface area (Å²) in [5.41, 5.74) is -0.0659. The fourth-order valence-electron chi connectivity index (χ4n) is 2.15. The smallest absolute Gasteiger partial charge is 0.353 e. The van der Waals surface area contributed by atoms with Gasteiger partial charge in [0, 0.05) is 19.3 Å². The van der Waals surface area contributed by atoms with Crippen LogP contribution in [0.2, 0.25) is 0 Å². The van der Waals surface area contributed by atoms with E-state index in [-0.39, 0.29) is 18.1 Å². The van der Waals surface area contributed by atoms with Crippen molar-refractivity contribution in [3.8, 4) is 0 Å². The largest absolute Gasteiger partial charge is 0.406 e. The van der Waals surface area contributed by atoms with Crippen LogP contribution in [0, 0.1) is 0 Å². The Morgan fingerprint density at radius 2 is 2.20 bits per heavy atom. The van der Waals surface area contributed by atoms with Crippen molar-refractivity contribution in [2.24, 2.45) is 0 Å². The Morgan fingerprint density at radius 3 is 2.85 bits per heavy atom. The van der Waals surface area contributed by atoms with Gasteiger partial charge in [-0.2, -0.15) is 13.2 Å². The summed E-state index contributed by atoms with van der Waals surface area (Å²) in [4.78, 5) is 25.1. The Morgan fingerprint density at radius 1 is 1.50 bits per heavy atom. The lowest BCUT2D eigenvalue weighted by Crippen LogP contribution is -2.56. The molecule has 2 rings (SSSR count). The van der Waals surface area contributed by atoms with E-state index >= 15 is 0 Å². The van der Waals surface area contributed by atoms with Gasteiger partial charge in [0.05, 0.1) is 0 Å². The van der Waals surface area contributed by atoms with Crippen LogP contribution in [-0.2, 0) is 11.3 Å². The van der Waals surface area contributed by atoms with Gasteiger partial charge in [0.15, 0.2) is 0 Å². The van der Waals surface area contributed by atoms with E-state index in [1.807, 2.05) is 0 Å². The molecule has 0 saturated carbocycles. The average Bonchev–Trinajstić information content (AvgIpc) is 2.77. The van der Waals surface area contributed by atoms with Crippen molar-refractivity contribution in [1.82, 2.24) is 14.8 Å². The quantitative estimate of drug-likeness (QED) is 0.883. The van der Waals surface area contributed by atoms with E-state index in [0.717, 1.165) is 4.57 Å². The summed E-state index contributed by atoms with van der Waals surface area (Å²) in [7, 11) is 0. The molecular weight excluding hydrogens is 275 g/mol. The highest BCUT2D eigenvalue weighted by Crippen LogP contribution is 2.20. The van der Waals surface area contributed by atoms with E-state index < -0.39 is 24.7 Å². The van der Waals surface area contributed by atoms with Crippen LogP contribution in [0.4, 0.5) is 13.2 Å². The van der Waals surface area contributed by atoms with E-state index in [4.69, 9.17) is 0 Å². The van der Waals surface area contributed by atoms with Crippen LogP contribution in [0.3, 0.4) is 0 Å². The first-order chi connectivity index (χ1) is 9.29. The summed E-state index contributed by atoms with van der Waals surface area (Å²) in [6, 6.07) is 2.02. The standard InChI is InChI=1S/C12H14F3N3O2/c1-8-10(19)16-4-6-18(8)11(20)9-3-2-5-17(9)7-12(13,14)15/h2-3,5,8H,4,6-7H2,1H3,(H,16,19). The number of amides is 2. The van der Waals surface area contributed by atoms with Gasteiger partial charge in [-0.15, -0.1) is 0 Å². The first-order valence-corrected chi connectivity index (χ1v) is 6.10. The number of rotatable bonds is 2. The van der Waals surface area contributed by atoms with E-state index in [2.05, 4.69) is 5.32 Å². The second-order valence-corrected chi connectivity index (χ2v) is 4.60. The van der Waals surface area contributed by atoms with Crippen molar-refractivity contribution in [1.29, 1.82) is 0 Å². The zero-order valence-corrected chi connectivity index (χ0v) is 10.8. The summed E-state index contributed by atoms with van der Waals surface area (Å²) >= 11 is 0. The zero-order chi connectivity index (χ0) is 14.9. The van der Waals surface area contributed by atoms with Crippen LogP contribution in [0.15, 0.2) is 18.3 Å². The lowest BCUT2D eigenvalue weighted by atomic mass is 10.2. The molecule has 110 valence electrons. The van der Waals surface area contributed by atoms with Crippen LogP contribution in [-0.4, -0.2) is 46.6 Å². The summed E-state index contributed by atoms with van der Waals surface area (Å²) in [6.07, 6.45) is -3.20. The third-order valence-corrected chi connectivity index (χ3v) is 3.16. The topological polar surface area (TPSA) is 54.3 Å². The number of nitrogens with zero attached hydrogens (tertiary/aromatic N) is 2. The minimum Gasteiger partial charge on any atom is -0.353 e. The van der Waals surface area contributed by atoms with Gasteiger partial charge in [-0.05, 0) is 19.1 Å². The Labute approximate surface area is 113 Å². The Hall–Kier alpha value is -1.99. The molecule has 1 atom stereocenters. The number of piperazine rings is 1. The molecule has 0 aliphatic carbocycles. The molecule has 1 aliphatic heterocycles. The van der Waals surface area contributed by atoms with Crippen molar-refractivity contribution in [3.05, 3.63) is 24.0 Å². The van der Waals surface area contributed by atoms with Crippen molar-refractivity contribution in [2.75, 3.05) is 13.1 Å². The van der Waals surface area contributed by atoms with Gasteiger partial charge in [-0.3, -0.25) is 9.59 Å². The van der Waals surface area contributed by atoms with Crippen LogP contribution in [0.1, 0.15) is 17.4 Å². The van der Waals surface area contributed by atoms with Crippen LogP contribution < -0.4 is 5.32 Å². The third-order valence-electron chi connectivity index (χ3n) is 3.16. The van der Waals surface area contributed by atoms with E-state index in [9.17, 15) is 22.8 Å². The Bertz CT molecular complexity index is 524. The summed E-state index contributed by atoms with van der Waals surface area (Å²) < 4.78 is 38.1. The van der Waals surface area contributed by atoms with Gasteiger partial charge >= 0.3 is 6.18 Å². The number of halogens is 3. The number of aromatic nitrogens is 1. The van der Waals surface area contributed by atoms with Crippen LogP contribution in [0.25, 0.3) is 0 Å². The molecule has 2 heterocycles. The molecule has 1 aromatic rings. The van der Waals surface area contributed by atoms with Crippen molar-refractivity contribution < 1.29 is 22.8 Å². The fourth-order valence-corrected chi connectivity index (χ4v) is 2.15. The third kappa shape index (κ3) is 2.94. The number of carbonyl (C=O) groups excluding carboxylic acids is 2. The first kappa shape index (κ1) is 14.4. The molecular formula is C12H14F3N3O2. The number of hydrogen-bond donors (Lipinski definition) is 1. The molecule has 1 aliphatic rings. The Balaban J connectivity index is 2.21. The molecule has 1 fully saturated rings. The molecule has 1 saturated heterocycles. The molecule has 5 nitrogen and oxygen atoms in total. The van der Waals surface area contributed by atoms with Crippen LogP contribution >= 0.6 is 0 Å². The molecule has 1 unspecified atom stereocenters. The summed E-state index contributed by atoms with van der Waals surface area (Å²) in [5, 5.41) is 2.60. The number of carbonyl (C=O) groups is 2. The maximum Gasteiger partial charge on any atom is 0.406 e. The van der Waals surface area contributed by atoms with E-state index in [1.54, 1.807) is 6.92 Å². The predicted molar refractivity (Wildman–Crippen MR) is 64.0 cm³/mol. The Kier molecular flexibility index (Phi) is 3.74. The monoisotopic (exact) mass is 289 g/mol. The lowest BCUT2D eigenvalue weighted by molar-refractivity contribution is -0.140. The molecule has 0 spiro atoms. The highest BCUT2D eigenvalue weighted by Gasteiger charge is 2.33. The fraction of sp³-hybridized carbons (Fsp3) is 0.500. The predicted octanol–water partition coefficient (Wildman–Crippen LogP) is 1.01. The van der Waals surface area contributed by atoms with Crippen LogP contribution in [0.5, 0.6) is 0 Å². The number of alkyl halides is 3. The van der Waals surface area contributed by atoms with Gasteiger partial charge in [0.1, 0.15) is 18.3 Å². The molecule has 0 aromatic carbocycles. The van der Waals surface area contributed by atoms with Gasteiger partial charge in [-0.25, -0.2) is 0 Å². The van der Waals surface area contributed by atoms with Crippen molar-refractivity contribution >= 4 is 11.8 Å². The second-order valence-electron chi connectivity index (χ2n) is 4.60. The van der Waals surface area contributed by atoms with E-state index in [1.165, 1.54) is 23.2 Å². The van der Waals surface area contributed by atoms with Crippen molar-refractivity contribution in [2.45, 2.75) is 25.7 Å². The number of hydrogen-bond acceptors (Lipinski definition) is 2. The zero-order valence-electron chi connectivity index (χ0n) is 10.8. The number of nitrogens with one attached hydrogen (secondary N) is 1. The second kappa shape index (κ2) is 5.18. The van der Waals surface area contributed by atoms with Gasteiger partial charge in [-0.1, -0.05) is 0 Å². The maximum absolute atomic E-state index is 12.4. The SMILES string of the molecule is CC1C(=O)NCCN1C(=O)c1cccn1CC(F)(F)F. The van der Waals surface area contributed by atoms with Gasteiger partial charge in [0.25, 0.3) is 5.91 Å². The molecule has 0 bridgehead atoms. The average molecular weight is 289 g/mol. The molecule has 2 amide bonds. The van der Waals surface area contributed by atoms with Gasteiger partial charge < -0.3 is 14.8 Å². The molecule has 20 heavy (non-hydrogen) atoms. The normalized spacial score (nSPS) is 19.9. The summed E-state index contributed by atoms with van der Waals surface area (Å²) in [5.74, 6) is -0.875. The minimum absolute atomic E-state index is 0.0659. The van der Waals surface area contributed by atoms with Gasteiger partial charge in [0.2, 0.25) is 5.91 Å². The lowest BCUT2D eigenvalue weighted by Gasteiger charge is -2.33. The first-order valence-electron chi connectivity index (χ1n) is 6.10. The van der Waals surface area contributed by atoms with Crippen molar-refractivity contribution in [3.63, 3.8) is 0 Å². The van der Waals surface area contributed by atoms with E-state index in [0.29, 0.717) is 6.54 Å². The maximum atomic E-state index is 12.4. The molecule has 8 heteroatoms. The minimum atomic E-state index is -4.40. The highest BCUT2D eigenvalue weighted by molar-refractivity contribution is 5.97. The molecule has 0 radical (unpaired) electrons. The summed E-state index contributed by atoms with van der Waals surface area (Å²) in [6.45, 7) is 0.900. The molecule has 1 N–H and O–H groups in total.